The van der Waals surface area contributed by atoms with Crippen LogP contribution >= 0.6 is 11.8 Å². The summed E-state index contributed by atoms with van der Waals surface area (Å²) >= 11 is 1.25. The Morgan fingerprint density at radius 1 is 0.938 bits per heavy atom. The van der Waals surface area contributed by atoms with Gasteiger partial charge in [-0.15, -0.1) is 10.2 Å². The van der Waals surface area contributed by atoms with Crippen LogP contribution in [0.2, 0.25) is 0 Å². The molecule has 4 aromatic rings. The molecule has 0 saturated heterocycles. The van der Waals surface area contributed by atoms with E-state index < -0.39 is 9.84 Å². The predicted octanol–water partition coefficient (Wildman–Crippen LogP) is 4.07. The minimum atomic E-state index is -3.35. The number of sulfone groups is 1. The van der Waals surface area contributed by atoms with Crippen molar-refractivity contribution in [3.63, 3.8) is 0 Å². The molecule has 0 fully saturated rings. The highest BCUT2D eigenvalue weighted by Crippen LogP contribution is 2.28. The molecule has 9 heteroatoms. The third-order valence-electron chi connectivity index (χ3n) is 4.56. The first kappa shape index (κ1) is 21.8. The average molecular weight is 465 g/mol. The van der Waals surface area contributed by atoms with Crippen LogP contribution in [0.4, 0.5) is 5.69 Å². The van der Waals surface area contributed by atoms with Gasteiger partial charge in [0.1, 0.15) is 0 Å². The van der Waals surface area contributed by atoms with Crippen molar-refractivity contribution in [2.75, 3.05) is 17.3 Å². The molecule has 0 bridgehead atoms. The van der Waals surface area contributed by atoms with Crippen LogP contribution in [-0.2, 0) is 14.6 Å². The fourth-order valence-electron chi connectivity index (χ4n) is 3.08. The Balaban J connectivity index is 1.55. The van der Waals surface area contributed by atoms with E-state index in [4.69, 9.17) is 0 Å². The molecule has 7 nitrogen and oxygen atoms in total. The molecule has 0 spiro atoms. The van der Waals surface area contributed by atoms with Crippen molar-refractivity contribution in [2.45, 2.75) is 10.1 Å². The molecule has 0 unspecified atom stereocenters. The molecule has 4 rings (SSSR count). The maximum atomic E-state index is 12.5. The molecule has 0 aliphatic heterocycles. The van der Waals surface area contributed by atoms with E-state index in [9.17, 15) is 13.2 Å². The van der Waals surface area contributed by atoms with Crippen molar-refractivity contribution >= 4 is 33.2 Å². The van der Waals surface area contributed by atoms with Crippen molar-refractivity contribution in [3.8, 4) is 17.1 Å². The monoisotopic (exact) mass is 464 g/mol. The molecular formula is C23H20N4O3S2. The summed E-state index contributed by atoms with van der Waals surface area (Å²) in [6, 6.07) is 25.6. The number of rotatable bonds is 7. The lowest BCUT2D eigenvalue weighted by molar-refractivity contribution is -0.113. The molecule has 1 aromatic heterocycles. The van der Waals surface area contributed by atoms with Gasteiger partial charge < -0.3 is 5.32 Å². The number of carbonyl (C=O) groups excluding carboxylic acids is 1. The molecule has 0 aliphatic rings. The number of anilines is 1. The van der Waals surface area contributed by atoms with Crippen LogP contribution in [0.3, 0.4) is 0 Å². The fourth-order valence-corrected chi connectivity index (χ4v) is 4.50. The highest BCUT2D eigenvalue weighted by atomic mass is 32.2. The predicted molar refractivity (Wildman–Crippen MR) is 126 cm³/mol. The van der Waals surface area contributed by atoms with Crippen molar-refractivity contribution in [1.82, 2.24) is 14.8 Å². The number of nitrogens with zero attached hydrogens (tertiary/aromatic N) is 3. The second kappa shape index (κ2) is 9.37. The molecular weight excluding hydrogens is 444 g/mol. The first-order valence-electron chi connectivity index (χ1n) is 9.71. The second-order valence-electron chi connectivity index (χ2n) is 6.98. The van der Waals surface area contributed by atoms with Crippen molar-refractivity contribution in [3.05, 3.63) is 84.9 Å². The van der Waals surface area contributed by atoms with Gasteiger partial charge in [-0.25, -0.2) is 8.42 Å². The molecule has 1 heterocycles. The van der Waals surface area contributed by atoms with E-state index in [-0.39, 0.29) is 16.6 Å². The number of nitrogens with one attached hydrogen (secondary N) is 1. The summed E-state index contributed by atoms with van der Waals surface area (Å²) in [7, 11) is -3.35. The second-order valence-corrected chi connectivity index (χ2v) is 9.94. The molecule has 0 saturated carbocycles. The number of benzene rings is 3. The summed E-state index contributed by atoms with van der Waals surface area (Å²) in [4.78, 5) is 12.7. The topological polar surface area (TPSA) is 93.9 Å². The van der Waals surface area contributed by atoms with E-state index in [1.165, 1.54) is 23.9 Å². The van der Waals surface area contributed by atoms with Gasteiger partial charge in [0.15, 0.2) is 20.8 Å². The minimum absolute atomic E-state index is 0.0862. The van der Waals surface area contributed by atoms with Crippen molar-refractivity contribution < 1.29 is 13.2 Å². The third kappa shape index (κ3) is 5.06. The zero-order chi connectivity index (χ0) is 22.6. The molecule has 0 radical (unpaired) electrons. The van der Waals surface area contributed by atoms with Gasteiger partial charge in [0.25, 0.3) is 0 Å². The first-order chi connectivity index (χ1) is 15.4. The maximum absolute atomic E-state index is 12.5. The van der Waals surface area contributed by atoms with Crippen LogP contribution in [-0.4, -0.2) is 41.1 Å². The lowest BCUT2D eigenvalue weighted by atomic mass is 10.2. The Hall–Kier alpha value is -3.43. The number of thioether (sulfide) groups is 1. The summed E-state index contributed by atoms with van der Waals surface area (Å²) in [5.74, 6) is 0.494. The summed E-state index contributed by atoms with van der Waals surface area (Å²) in [5.41, 5.74) is 2.23. The van der Waals surface area contributed by atoms with E-state index in [0.717, 1.165) is 17.5 Å². The summed E-state index contributed by atoms with van der Waals surface area (Å²) in [5, 5.41) is 12.0. The maximum Gasteiger partial charge on any atom is 0.234 e. The van der Waals surface area contributed by atoms with E-state index in [1.54, 1.807) is 12.1 Å². The molecule has 1 amide bonds. The Bertz CT molecular complexity index is 1340. The highest BCUT2D eigenvalue weighted by molar-refractivity contribution is 7.99. The van der Waals surface area contributed by atoms with Gasteiger partial charge >= 0.3 is 0 Å². The third-order valence-corrected chi connectivity index (χ3v) is 6.60. The van der Waals surface area contributed by atoms with Gasteiger partial charge in [-0.3, -0.25) is 9.36 Å². The lowest BCUT2D eigenvalue weighted by Gasteiger charge is -2.10. The highest BCUT2D eigenvalue weighted by Gasteiger charge is 2.17. The Morgan fingerprint density at radius 2 is 1.62 bits per heavy atom. The number of para-hydroxylation sites is 1. The van der Waals surface area contributed by atoms with E-state index in [2.05, 4.69) is 15.5 Å². The Labute approximate surface area is 190 Å². The number of hydrogen-bond donors (Lipinski definition) is 1. The van der Waals surface area contributed by atoms with Gasteiger partial charge in [0.2, 0.25) is 5.91 Å². The van der Waals surface area contributed by atoms with Gasteiger partial charge in [-0.2, -0.15) is 0 Å². The number of carbonyl (C=O) groups is 1. The van der Waals surface area contributed by atoms with Crippen LogP contribution in [0.25, 0.3) is 17.1 Å². The number of hydrogen-bond acceptors (Lipinski definition) is 6. The normalized spacial score (nSPS) is 11.3. The van der Waals surface area contributed by atoms with E-state index in [0.29, 0.717) is 16.7 Å². The van der Waals surface area contributed by atoms with Crippen LogP contribution in [0.1, 0.15) is 0 Å². The van der Waals surface area contributed by atoms with Crippen LogP contribution in [0, 0.1) is 0 Å². The van der Waals surface area contributed by atoms with Crippen molar-refractivity contribution in [2.24, 2.45) is 0 Å². The van der Waals surface area contributed by atoms with Gasteiger partial charge in [-0.05, 0) is 30.3 Å². The zero-order valence-electron chi connectivity index (χ0n) is 17.2. The van der Waals surface area contributed by atoms with E-state index in [1.807, 2.05) is 65.2 Å². The SMILES string of the molecule is CS(=O)(=O)c1cccc(NC(=O)CSc2nnc(-c3ccccc3)n2-c2ccccc2)c1. The quantitative estimate of drug-likeness (QED) is 0.415. The average Bonchev–Trinajstić information content (AvgIpc) is 3.22. The van der Waals surface area contributed by atoms with Crippen molar-refractivity contribution in [1.29, 1.82) is 0 Å². The Kier molecular flexibility index (Phi) is 6.38. The van der Waals surface area contributed by atoms with Gasteiger partial charge in [0.05, 0.1) is 10.6 Å². The lowest BCUT2D eigenvalue weighted by Crippen LogP contribution is -2.15. The number of aromatic nitrogens is 3. The number of amides is 1. The molecule has 1 N–H and O–H groups in total. The van der Waals surface area contributed by atoms with Crippen LogP contribution < -0.4 is 5.32 Å². The molecule has 0 aliphatic carbocycles. The van der Waals surface area contributed by atoms with Gasteiger partial charge in [-0.1, -0.05) is 66.4 Å². The molecule has 0 atom stereocenters. The van der Waals surface area contributed by atoms with Crippen LogP contribution in [0.15, 0.2) is 95.0 Å². The molecule has 32 heavy (non-hydrogen) atoms. The minimum Gasteiger partial charge on any atom is -0.325 e. The van der Waals surface area contributed by atoms with Gasteiger partial charge in [0, 0.05) is 23.2 Å². The molecule has 3 aromatic carbocycles. The Morgan fingerprint density at radius 3 is 2.31 bits per heavy atom. The first-order valence-corrected chi connectivity index (χ1v) is 12.6. The summed E-state index contributed by atoms with van der Waals surface area (Å²) in [6.45, 7) is 0. The summed E-state index contributed by atoms with van der Waals surface area (Å²) in [6.07, 6.45) is 1.13. The summed E-state index contributed by atoms with van der Waals surface area (Å²) < 4.78 is 25.4. The van der Waals surface area contributed by atoms with Crippen LogP contribution in [0.5, 0.6) is 0 Å². The standard InChI is InChI=1S/C23H20N4O3S2/c1-32(29,30)20-14-8-11-18(15-20)24-21(28)16-31-23-26-25-22(17-9-4-2-5-10-17)27(23)19-12-6-3-7-13-19/h2-15H,16H2,1H3,(H,24,28). The van der Waals surface area contributed by atoms with E-state index >= 15 is 0 Å². The molecule has 162 valence electrons. The largest absolute Gasteiger partial charge is 0.325 e. The fraction of sp³-hybridized carbons (Fsp3) is 0.0870. The smallest absolute Gasteiger partial charge is 0.234 e. The zero-order valence-corrected chi connectivity index (χ0v) is 18.8.